The molecule has 0 saturated carbocycles. The molecule has 0 amide bonds. The zero-order chi connectivity index (χ0) is 20.5. The second-order valence-corrected chi connectivity index (χ2v) is 9.22. The normalized spacial score (nSPS) is 12.8. The van der Waals surface area contributed by atoms with Crippen molar-refractivity contribution in [2.75, 3.05) is 18.8 Å². The van der Waals surface area contributed by atoms with E-state index in [1.807, 2.05) is 0 Å². The summed E-state index contributed by atoms with van der Waals surface area (Å²) < 4.78 is 93.4. The second kappa shape index (κ2) is 7.37. The van der Waals surface area contributed by atoms with Crippen LogP contribution in [0.15, 0.2) is 58.3 Å². The van der Waals surface area contributed by atoms with E-state index in [1.54, 1.807) is 0 Å². The molecule has 1 N–H and O–H groups in total. The number of sulfonamides is 2. The first-order valence-corrected chi connectivity index (χ1v) is 10.2. The third-order valence-corrected chi connectivity index (χ3v) is 6.46. The summed E-state index contributed by atoms with van der Waals surface area (Å²) in [5, 5.41) is 0. The van der Waals surface area contributed by atoms with Crippen LogP contribution >= 0.6 is 0 Å². The lowest BCUT2D eigenvalue weighted by Gasteiger charge is -2.15. The van der Waals surface area contributed by atoms with E-state index in [9.17, 15) is 30.0 Å². The van der Waals surface area contributed by atoms with E-state index in [-0.39, 0.29) is 10.6 Å². The molecule has 2 aromatic rings. The van der Waals surface area contributed by atoms with Gasteiger partial charge in [-0.1, -0.05) is 18.2 Å². The topological polar surface area (TPSA) is 92.8 Å². The molecule has 0 fully saturated rings. The fourth-order valence-corrected chi connectivity index (χ4v) is 4.15. The highest BCUT2D eigenvalue weighted by Gasteiger charge is 2.34. The highest BCUT2D eigenvalue weighted by Crippen LogP contribution is 2.30. The van der Waals surface area contributed by atoms with Crippen molar-refractivity contribution in [3.63, 3.8) is 0 Å². The Kier molecular flexibility index (Phi) is 5.73. The molecule has 0 spiro atoms. The summed E-state index contributed by atoms with van der Waals surface area (Å²) in [7, 11) is -5.70. The molecule has 0 unspecified atom stereocenters. The molecule has 0 aliphatic heterocycles. The van der Waals surface area contributed by atoms with Crippen molar-refractivity contribution in [3.8, 4) is 5.75 Å². The molecule has 0 aliphatic rings. The molecule has 0 aromatic heterocycles. The van der Waals surface area contributed by atoms with Crippen LogP contribution in [0.5, 0.6) is 5.75 Å². The molecule has 0 bridgehead atoms. The van der Waals surface area contributed by atoms with Gasteiger partial charge in [-0.25, -0.2) is 21.1 Å². The van der Waals surface area contributed by atoms with Crippen LogP contribution in [0, 0.1) is 0 Å². The third kappa shape index (κ3) is 5.11. The lowest BCUT2D eigenvalue weighted by Crippen LogP contribution is -2.23. The summed E-state index contributed by atoms with van der Waals surface area (Å²) in [4.78, 5) is -0.935. The van der Waals surface area contributed by atoms with Crippen LogP contribution in [0.25, 0.3) is 0 Å². The van der Waals surface area contributed by atoms with Gasteiger partial charge in [0, 0.05) is 14.1 Å². The van der Waals surface area contributed by atoms with Gasteiger partial charge in [-0.05, 0) is 30.3 Å². The van der Waals surface area contributed by atoms with Gasteiger partial charge in [-0.15, -0.1) is 13.2 Å². The summed E-state index contributed by atoms with van der Waals surface area (Å²) in [5.41, 5.74) is -0.139. The highest BCUT2D eigenvalue weighted by molar-refractivity contribution is 7.92. The van der Waals surface area contributed by atoms with Crippen molar-refractivity contribution >= 4 is 25.7 Å². The van der Waals surface area contributed by atoms with Crippen molar-refractivity contribution in [1.29, 1.82) is 0 Å². The molecular formula is C15H15F3N2O5S2. The summed E-state index contributed by atoms with van der Waals surface area (Å²) in [6.45, 7) is 0. The van der Waals surface area contributed by atoms with Gasteiger partial charge in [-0.2, -0.15) is 0 Å². The molecule has 0 aliphatic carbocycles. The van der Waals surface area contributed by atoms with Gasteiger partial charge in [0.05, 0.1) is 10.6 Å². The van der Waals surface area contributed by atoms with Gasteiger partial charge in [0.2, 0.25) is 10.0 Å². The minimum absolute atomic E-state index is 0.139. The second-order valence-electron chi connectivity index (χ2n) is 5.42. The van der Waals surface area contributed by atoms with Gasteiger partial charge >= 0.3 is 6.36 Å². The third-order valence-electron chi connectivity index (χ3n) is 3.23. The molecule has 2 aromatic carbocycles. The van der Waals surface area contributed by atoms with Crippen LogP contribution in [0.4, 0.5) is 18.9 Å². The van der Waals surface area contributed by atoms with E-state index in [0.29, 0.717) is 0 Å². The lowest BCUT2D eigenvalue weighted by molar-refractivity contribution is -0.275. The summed E-state index contributed by atoms with van der Waals surface area (Å²) in [6, 6.07) is 9.08. The number of nitrogens with zero attached hydrogens (tertiary/aromatic N) is 1. The van der Waals surface area contributed by atoms with E-state index < -0.39 is 37.1 Å². The fraction of sp³-hybridized carbons (Fsp3) is 0.200. The number of anilines is 1. The predicted molar refractivity (Wildman–Crippen MR) is 91.2 cm³/mol. The fourth-order valence-electron chi connectivity index (χ4n) is 2.02. The Morgan fingerprint density at radius 2 is 1.59 bits per heavy atom. The largest absolute Gasteiger partial charge is 0.573 e. The van der Waals surface area contributed by atoms with E-state index in [2.05, 4.69) is 9.46 Å². The molecule has 12 heteroatoms. The maximum Gasteiger partial charge on any atom is 0.573 e. The molecule has 148 valence electrons. The highest BCUT2D eigenvalue weighted by atomic mass is 32.2. The number of benzene rings is 2. The number of nitrogens with one attached hydrogen (secondary N) is 1. The zero-order valence-corrected chi connectivity index (χ0v) is 15.7. The number of rotatable bonds is 6. The maximum atomic E-state index is 12.5. The van der Waals surface area contributed by atoms with Crippen LogP contribution in [-0.4, -0.2) is 41.6 Å². The van der Waals surface area contributed by atoms with Gasteiger partial charge in [0.25, 0.3) is 10.0 Å². The maximum absolute atomic E-state index is 12.5. The Hall–Kier alpha value is -2.31. The Morgan fingerprint density at radius 3 is 2.19 bits per heavy atom. The predicted octanol–water partition coefficient (Wildman–Crippen LogP) is 2.64. The van der Waals surface area contributed by atoms with Crippen molar-refractivity contribution in [2.24, 2.45) is 0 Å². The van der Waals surface area contributed by atoms with E-state index >= 15 is 0 Å². The monoisotopic (exact) mass is 424 g/mol. The van der Waals surface area contributed by atoms with Gasteiger partial charge in [0.15, 0.2) is 0 Å². The number of ether oxygens (including phenoxy) is 1. The van der Waals surface area contributed by atoms with Crippen LogP contribution in [-0.2, 0) is 20.0 Å². The van der Waals surface area contributed by atoms with E-state index in [1.165, 1.54) is 44.4 Å². The number of hydrogen-bond acceptors (Lipinski definition) is 5. The van der Waals surface area contributed by atoms with Crippen LogP contribution in [0.3, 0.4) is 0 Å². The van der Waals surface area contributed by atoms with Crippen LogP contribution in [0.2, 0.25) is 0 Å². The number of halogens is 3. The minimum Gasteiger partial charge on any atom is -0.404 e. The van der Waals surface area contributed by atoms with Crippen molar-refractivity contribution < 1.29 is 34.7 Å². The summed E-state index contributed by atoms with van der Waals surface area (Å²) >= 11 is 0. The van der Waals surface area contributed by atoms with Gasteiger partial charge in [0.1, 0.15) is 10.6 Å². The van der Waals surface area contributed by atoms with Gasteiger partial charge < -0.3 is 4.74 Å². The summed E-state index contributed by atoms with van der Waals surface area (Å²) in [5.74, 6) is -0.908. The smallest absolute Gasteiger partial charge is 0.404 e. The number of alkyl halides is 3. The first-order chi connectivity index (χ1) is 12.3. The average Bonchev–Trinajstić information content (AvgIpc) is 2.53. The first-order valence-electron chi connectivity index (χ1n) is 7.23. The Bertz CT molecular complexity index is 1040. The van der Waals surface area contributed by atoms with Crippen LogP contribution in [0.1, 0.15) is 0 Å². The van der Waals surface area contributed by atoms with Crippen LogP contribution < -0.4 is 9.46 Å². The van der Waals surface area contributed by atoms with Gasteiger partial charge in [-0.3, -0.25) is 4.72 Å². The Morgan fingerprint density at radius 1 is 0.963 bits per heavy atom. The standard InChI is InChI=1S/C15H15F3N2O5S2/c1-20(2)27(23,24)12-7-5-6-11(10-12)19-26(21,22)14-9-4-3-8-13(14)25-15(16,17)18/h3-10,19H,1-2H3. The SMILES string of the molecule is CN(C)S(=O)(=O)c1cccc(NS(=O)(=O)c2ccccc2OC(F)(F)F)c1. The number of hydrogen-bond donors (Lipinski definition) is 1. The molecule has 0 saturated heterocycles. The van der Waals surface area contributed by atoms with Crippen molar-refractivity contribution in [3.05, 3.63) is 48.5 Å². The quantitative estimate of drug-likeness (QED) is 0.770. The van der Waals surface area contributed by atoms with E-state index in [4.69, 9.17) is 0 Å². The Labute approximate surface area is 154 Å². The van der Waals surface area contributed by atoms with Crippen molar-refractivity contribution in [1.82, 2.24) is 4.31 Å². The summed E-state index contributed by atoms with van der Waals surface area (Å²) in [6.07, 6.45) is -5.08. The van der Waals surface area contributed by atoms with Crippen molar-refractivity contribution in [2.45, 2.75) is 16.2 Å². The molecule has 7 nitrogen and oxygen atoms in total. The van der Waals surface area contributed by atoms with E-state index in [0.717, 1.165) is 22.5 Å². The molecule has 0 heterocycles. The zero-order valence-electron chi connectivity index (χ0n) is 14.1. The average molecular weight is 424 g/mol. The molecular weight excluding hydrogens is 409 g/mol. The molecule has 0 radical (unpaired) electrons. The molecule has 27 heavy (non-hydrogen) atoms. The number of para-hydroxylation sites is 1. The lowest BCUT2D eigenvalue weighted by atomic mass is 10.3. The molecule has 0 atom stereocenters. The molecule has 2 rings (SSSR count). The Balaban J connectivity index is 2.42. The minimum atomic E-state index is -5.08. The first kappa shape index (κ1) is 21.0.